The average Bonchev–Trinajstić information content (AvgIpc) is 3.03. The van der Waals surface area contributed by atoms with Crippen LogP contribution in [0.1, 0.15) is 24.9 Å². The maximum atomic E-state index is 13.8. The molecule has 0 unspecified atom stereocenters. The Hall–Kier alpha value is -1.95. The molecule has 0 fully saturated rings. The Bertz CT molecular complexity index is 762. The highest BCUT2D eigenvalue weighted by atomic mass is 32.1. The van der Waals surface area contributed by atoms with Crippen LogP contribution >= 0.6 is 11.3 Å². The smallest absolute Gasteiger partial charge is 0.180 e. The van der Waals surface area contributed by atoms with Crippen LogP contribution in [0, 0.1) is 5.82 Å². The molecule has 0 saturated carbocycles. The van der Waals surface area contributed by atoms with Gasteiger partial charge in [-0.05, 0) is 31.9 Å². The second-order valence-electron chi connectivity index (χ2n) is 4.91. The molecule has 0 radical (unpaired) electrons. The summed E-state index contributed by atoms with van der Waals surface area (Å²) in [6, 6.07) is 5.10. The van der Waals surface area contributed by atoms with Crippen LogP contribution in [-0.2, 0) is 19.4 Å². The fraction of sp³-hybridized carbons (Fsp3) is 0.333. The molecule has 3 aromatic rings. The summed E-state index contributed by atoms with van der Waals surface area (Å²) in [4.78, 5) is 8.72. The van der Waals surface area contributed by atoms with Gasteiger partial charge in [-0.25, -0.2) is 14.4 Å². The van der Waals surface area contributed by atoms with Crippen molar-refractivity contribution in [1.82, 2.24) is 14.5 Å². The Morgan fingerprint density at radius 3 is 2.86 bits per heavy atom. The number of benzene rings is 1. The molecular formula is C15H17FN4S. The molecule has 110 valence electrons. The highest BCUT2D eigenvalue weighted by Crippen LogP contribution is 2.21. The number of halogens is 1. The summed E-state index contributed by atoms with van der Waals surface area (Å²) in [6.07, 6.45) is 2.59. The van der Waals surface area contributed by atoms with Crippen molar-refractivity contribution in [2.24, 2.45) is 0 Å². The summed E-state index contributed by atoms with van der Waals surface area (Å²) in [5, 5.41) is 2.59. The monoisotopic (exact) mass is 304 g/mol. The van der Waals surface area contributed by atoms with Crippen molar-refractivity contribution in [3.8, 4) is 0 Å². The van der Waals surface area contributed by atoms with Crippen molar-refractivity contribution in [2.75, 3.05) is 5.73 Å². The van der Waals surface area contributed by atoms with E-state index in [0.717, 1.165) is 42.8 Å². The summed E-state index contributed by atoms with van der Waals surface area (Å²) in [5.74, 6) is 0.675. The lowest BCUT2D eigenvalue weighted by Crippen LogP contribution is -2.02. The molecule has 3 rings (SSSR count). The van der Waals surface area contributed by atoms with Gasteiger partial charge in [-0.1, -0.05) is 6.07 Å². The van der Waals surface area contributed by atoms with E-state index in [1.54, 1.807) is 6.07 Å². The predicted molar refractivity (Wildman–Crippen MR) is 83.9 cm³/mol. The fourth-order valence-electron chi connectivity index (χ4n) is 2.57. The molecule has 0 bridgehead atoms. The van der Waals surface area contributed by atoms with E-state index in [0.29, 0.717) is 10.6 Å². The maximum absolute atomic E-state index is 13.8. The Labute approximate surface area is 126 Å². The van der Waals surface area contributed by atoms with Gasteiger partial charge in [0, 0.05) is 18.3 Å². The number of aromatic nitrogens is 3. The number of nitrogen functional groups attached to an aromatic ring is 1. The number of hydrogen-bond acceptors (Lipinski definition) is 4. The minimum absolute atomic E-state index is 0.256. The molecule has 0 spiro atoms. The Kier molecular flexibility index (Phi) is 3.88. The third-order valence-corrected chi connectivity index (χ3v) is 4.25. The molecule has 0 atom stereocenters. The first-order valence-corrected chi connectivity index (χ1v) is 7.90. The zero-order valence-corrected chi connectivity index (χ0v) is 12.7. The van der Waals surface area contributed by atoms with Crippen LogP contribution < -0.4 is 5.73 Å². The van der Waals surface area contributed by atoms with Crippen molar-refractivity contribution < 1.29 is 4.39 Å². The van der Waals surface area contributed by atoms with Crippen LogP contribution in [0.5, 0.6) is 0 Å². The number of nitrogens with two attached hydrogens (primary N) is 1. The van der Waals surface area contributed by atoms with Crippen molar-refractivity contribution in [3.05, 3.63) is 40.9 Å². The van der Waals surface area contributed by atoms with E-state index < -0.39 is 0 Å². The van der Waals surface area contributed by atoms with Crippen LogP contribution in [-0.4, -0.2) is 14.5 Å². The van der Waals surface area contributed by atoms with Gasteiger partial charge in [-0.3, -0.25) is 0 Å². The van der Waals surface area contributed by atoms with Crippen LogP contribution in [0.3, 0.4) is 0 Å². The van der Waals surface area contributed by atoms with E-state index in [1.807, 2.05) is 11.4 Å². The number of anilines is 1. The minimum Gasteiger partial charge on any atom is -0.375 e. The van der Waals surface area contributed by atoms with Gasteiger partial charge in [-0.15, -0.1) is 11.3 Å². The van der Waals surface area contributed by atoms with Crippen molar-refractivity contribution in [1.29, 1.82) is 0 Å². The quantitative estimate of drug-likeness (QED) is 0.786. The van der Waals surface area contributed by atoms with Crippen molar-refractivity contribution in [2.45, 2.75) is 32.7 Å². The van der Waals surface area contributed by atoms with Gasteiger partial charge in [-0.2, -0.15) is 0 Å². The highest BCUT2D eigenvalue weighted by Gasteiger charge is 2.12. The molecule has 0 amide bonds. The first kappa shape index (κ1) is 14.0. The topological polar surface area (TPSA) is 56.7 Å². The summed E-state index contributed by atoms with van der Waals surface area (Å²) >= 11 is 1.46. The lowest BCUT2D eigenvalue weighted by atomic mass is 10.2. The number of aryl methyl sites for hydroxylation is 3. The van der Waals surface area contributed by atoms with Crippen LogP contribution in [0.25, 0.3) is 11.0 Å². The van der Waals surface area contributed by atoms with Crippen LogP contribution in [0.4, 0.5) is 9.52 Å². The standard InChI is InChI=1S/C15H17FN4S/c1-2-20-12-7-4-6-11(16)14(12)19-13(20)8-3-5-10-9-21-15(17)18-10/h4,6-7,9H,2-3,5,8H2,1H3,(H2,17,18). The zero-order chi connectivity index (χ0) is 14.8. The van der Waals surface area contributed by atoms with Gasteiger partial charge < -0.3 is 10.3 Å². The number of para-hydroxylation sites is 1. The molecule has 2 aromatic heterocycles. The van der Waals surface area contributed by atoms with Crippen LogP contribution in [0.15, 0.2) is 23.6 Å². The molecule has 2 heterocycles. The Morgan fingerprint density at radius 1 is 1.29 bits per heavy atom. The number of rotatable bonds is 5. The molecule has 21 heavy (non-hydrogen) atoms. The van der Waals surface area contributed by atoms with E-state index in [2.05, 4.69) is 21.5 Å². The molecule has 0 saturated heterocycles. The van der Waals surface area contributed by atoms with Gasteiger partial charge in [0.25, 0.3) is 0 Å². The first-order valence-electron chi connectivity index (χ1n) is 7.02. The summed E-state index contributed by atoms with van der Waals surface area (Å²) in [7, 11) is 0. The van der Waals surface area contributed by atoms with Gasteiger partial charge in [0.15, 0.2) is 10.9 Å². The zero-order valence-electron chi connectivity index (χ0n) is 11.8. The van der Waals surface area contributed by atoms with E-state index in [4.69, 9.17) is 5.73 Å². The van der Waals surface area contributed by atoms with Crippen molar-refractivity contribution >= 4 is 27.5 Å². The number of nitrogens with zero attached hydrogens (tertiary/aromatic N) is 3. The van der Waals surface area contributed by atoms with E-state index in [-0.39, 0.29) is 5.82 Å². The van der Waals surface area contributed by atoms with Gasteiger partial charge in [0.05, 0.1) is 11.2 Å². The lowest BCUT2D eigenvalue weighted by molar-refractivity contribution is 0.636. The normalized spacial score (nSPS) is 11.3. The van der Waals surface area contributed by atoms with Crippen LogP contribution in [0.2, 0.25) is 0 Å². The molecule has 0 aliphatic heterocycles. The van der Waals surface area contributed by atoms with E-state index >= 15 is 0 Å². The van der Waals surface area contributed by atoms with E-state index in [9.17, 15) is 4.39 Å². The highest BCUT2D eigenvalue weighted by molar-refractivity contribution is 7.13. The third-order valence-electron chi connectivity index (χ3n) is 3.53. The number of imidazole rings is 1. The summed E-state index contributed by atoms with van der Waals surface area (Å²) in [5.41, 5.74) is 7.97. The maximum Gasteiger partial charge on any atom is 0.180 e. The fourth-order valence-corrected chi connectivity index (χ4v) is 3.17. The number of thiazole rings is 1. The Balaban J connectivity index is 1.78. The minimum atomic E-state index is -0.256. The Morgan fingerprint density at radius 2 is 2.14 bits per heavy atom. The molecule has 1 aromatic carbocycles. The molecule has 0 aliphatic rings. The molecule has 4 nitrogen and oxygen atoms in total. The second-order valence-corrected chi connectivity index (χ2v) is 5.80. The predicted octanol–water partition coefficient (Wildman–Crippen LogP) is 3.41. The summed E-state index contributed by atoms with van der Waals surface area (Å²) in [6.45, 7) is 2.84. The largest absolute Gasteiger partial charge is 0.375 e. The SMILES string of the molecule is CCn1c(CCCc2csc(N)n2)nc2c(F)cccc21. The molecule has 6 heteroatoms. The third kappa shape index (κ3) is 2.76. The summed E-state index contributed by atoms with van der Waals surface area (Å²) < 4.78 is 15.9. The molecule has 2 N–H and O–H groups in total. The first-order chi connectivity index (χ1) is 10.2. The van der Waals surface area contributed by atoms with Gasteiger partial charge >= 0.3 is 0 Å². The lowest BCUT2D eigenvalue weighted by Gasteiger charge is -2.05. The molecule has 0 aliphatic carbocycles. The van der Waals surface area contributed by atoms with E-state index in [1.165, 1.54) is 17.4 Å². The van der Waals surface area contributed by atoms with Crippen molar-refractivity contribution in [3.63, 3.8) is 0 Å². The second kappa shape index (κ2) is 5.81. The number of fused-ring (bicyclic) bond motifs is 1. The van der Waals surface area contributed by atoms with Gasteiger partial charge in [0.1, 0.15) is 11.3 Å². The van der Waals surface area contributed by atoms with Gasteiger partial charge in [0.2, 0.25) is 0 Å². The number of hydrogen-bond donors (Lipinski definition) is 1. The molecular weight excluding hydrogens is 287 g/mol. The average molecular weight is 304 g/mol.